The number of pyridine rings is 2. The molecule has 2 rings (SSSR count). The zero-order valence-electron chi connectivity index (χ0n) is 10.3. The van der Waals surface area contributed by atoms with Crippen LogP contribution in [-0.2, 0) is 6.54 Å². The first kappa shape index (κ1) is 12.8. The molecule has 2 heterocycles. The second-order valence-electron chi connectivity index (χ2n) is 3.76. The number of carboxylic acids is 1. The third-order valence-electron chi connectivity index (χ3n) is 2.50. The number of carbonyl (C=O) groups is 1. The van der Waals surface area contributed by atoms with Gasteiger partial charge in [-0.1, -0.05) is 0 Å². The van der Waals surface area contributed by atoms with Crippen molar-refractivity contribution in [3.05, 3.63) is 47.9 Å². The monoisotopic (exact) mass is 259 g/mol. The Morgan fingerprint density at radius 2 is 2.21 bits per heavy atom. The van der Waals surface area contributed by atoms with E-state index in [4.69, 9.17) is 9.84 Å². The van der Waals surface area contributed by atoms with Crippen LogP contribution in [0.2, 0.25) is 0 Å². The molecule has 6 heteroatoms. The predicted octanol–water partition coefficient (Wildman–Crippen LogP) is 1.80. The summed E-state index contributed by atoms with van der Waals surface area (Å²) in [5.41, 5.74) is 1.42. The molecule has 98 valence electrons. The van der Waals surface area contributed by atoms with Crippen LogP contribution in [0.1, 0.15) is 16.1 Å². The first-order valence-corrected chi connectivity index (χ1v) is 5.62. The smallest absolute Gasteiger partial charge is 0.356 e. The van der Waals surface area contributed by atoms with Gasteiger partial charge in [-0.05, 0) is 23.8 Å². The highest BCUT2D eigenvalue weighted by Gasteiger charge is 2.10. The molecule has 0 unspecified atom stereocenters. The van der Waals surface area contributed by atoms with E-state index >= 15 is 0 Å². The second-order valence-corrected chi connectivity index (χ2v) is 3.76. The quantitative estimate of drug-likeness (QED) is 0.851. The van der Waals surface area contributed by atoms with Crippen molar-refractivity contribution < 1.29 is 14.6 Å². The Balaban J connectivity index is 2.12. The van der Waals surface area contributed by atoms with E-state index in [2.05, 4.69) is 15.3 Å². The summed E-state index contributed by atoms with van der Waals surface area (Å²) in [4.78, 5) is 18.8. The van der Waals surface area contributed by atoms with Crippen molar-refractivity contribution in [2.45, 2.75) is 6.54 Å². The summed E-state index contributed by atoms with van der Waals surface area (Å²) < 4.78 is 5.02. The maximum Gasteiger partial charge on any atom is 0.356 e. The molecule has 0 saturated heterocycles. The van der Waals surface area contributed by atoms with Crippen LogP contribution in [-0.4, -0.2) is 28.2 Å². The van der Waals surface area contributed by atoms with Crippen molar-refractivity contribution in [3.8, 4) is 5.88 Å². The number of nitrogens with one attached hydrogen (secondary N) is 1. The highest BCUT2D eigenvalue weighted by Crippen LogP contribution is 2.15. The summed E-state index contributed by atoms with van der Waals surface area (Å²) in [5.74, 6) is -0.542. The average Bonchev–Trinajstić information content (AvgIpc) is 2.45. The van der Waals surface area contributed by atoms with Crippen molar-refractivity contribution in [2.24, 2.45) is 0 Å². The molecule has 2 aromatic heterocycles. The molecule has 0 spiro atoms. The lowest BCUT2D eigenvalue weighted by Gasteiger charge is -2.09. The maximum absolute atomic E-state index is 11.0. The molecule has 0 fully saturated rings. The lowest BCUT2D eigenvalue weighted by molar-refractivity contribution is 0.0691. The number of aromatic nitrogens is 2. The molecule has 6 nitrogen and oxygen atoms in total. The van der Waals surface area contributed by atoms with E-state index < -0.39 is 5.97 Å². The Hall–Kier alpha value is -2.63. The van der Waals surface area contributed by atoms with Gasteiger partial charge in [0.05, 0.1) is 12.8 Å². The van der Waals surface area contributed by atoms with E-state index in [0.717, 1.165) is 5.56 Å². The van der Waals surface area contributed by atoms with Crippen molar-refractivity contribution in [1.29, 1.82) is 0 Å². The molecule has 0 atom stereocenters. The van der Waals surface area contributed by atoms with E-state index in [1.54, 1.807) is 31.5 Å². The van der Waals surface area contributed by atoms with Gasteiger partial charge in [-0.2, -0.15) is 0 Å². The normalized spacial score (nSPS) is 9.95. The topological polar surface area (TPSA) is 84.3 Å². The minimum Gasteiger partial charge on any atom is -0.481 e. The largest absolute Gasteiger partial charge is 0.481 e. The summed E-state index contributed by atoms with van der Waals surface area (Å²) in [7, 11) is 1.54. The van der Waals surface area contributed by atoms with Crippen LogP contribution in [0, 0.1) is 0 Å². The summed E-state index contributed by atoms with van der Waals surface area (Å²) in [6.45, 7) is 0.463. The Morgan fingerprint density at radius 1 is 1.37 bits per heavy atom. The van der Waals surface area contributed by atoms with Gasteiger partial charge in [-0.25, -0.2) is 14.8 Å². The maximum atomic E-state index is 11.0. The van der Waals surface area contributed by atoms with Gasteiger partial charge in [0.2, 0.25) is 5.88 Å². The summed E-state index contributed by atoms with van der Waals surface area (Å²) in [6, 6.07) is 6.97. The van der Waals surface area contributed by atoms with Crippen LogP contribution in [0.3, 0.4) is 0 Å². The Kier molecular flexibility index (Phi) is 3.92. The van der Waals surface area contributed by atoms with Gasteiger partial charge in [0, 0.05) is 25.0 Å². The molecule has 0 amide bonds. The lowest BCUT2D eigenvalue weighted by Crippen LogP contribution is -2.08. The van der Waals surface area contributed by atoms with Crippen LogP contribution in [0.25, 0.3) is 0 Å². The van der Waals surface area contributed by atoms with Gasteiger partial charge >= 0.3 is 5.97 Å². The fraction of sp³-hybridized carbons (Fsp3) is 0.154. The average molecular weight is 259 g/mol. The van der Waals surface area contributed by atoms with Crippen molar-refractivity contribution in [1.82, 2.24) is 9.97 Å². The summed E-state index contributed by atoms with van der Waals surface area (Å²) >= 11 is 0. The van der Waals surface area contributed by atoms with Crippen LogP contribution in [0.4, 0.5) is 5.69 Å². The number of nitrogens with zero attached hydrogens (tertiary/aromatic N) is 2. The van der Waals surface area contributed by atoms with Crippen LogP contribution in [0.5, 0.6) is 5.88 Å². The van der Waals surface area contributed by atoms with Crippen LogP contribution in [0.15, 0.2) is 36.7 Å². The standard InChI is InChI=1S/C13H13N3O3/c1-19-11-7-9(4-6-14-11)8-16-10-3-2-5-15-12(10)13(17)18/h2-7,16H,8H2,1H3,(H,17,18). The van der Waals surface area contributed by atoms with E-state index in [9.17, 15) is 4.79 Å². The molecule has 0 aliphatic rings. The van der Waals surface area contributed by atoms with Gasteiger partial charge in [0.25, 0.3) is 0 Å². The first-order chi connectivity index (χ1) is 9.20. The van der Waals surface area contributed by atoms with Crippen LogP contribution < -0.4 is 10.1 Å². The minimum absolute atomic E-state index is 0.00326. The zero-order chi connectivity index (χ0) is 13.7. The Bertz CT molecular complexity index is 587. The highest BCUT2D eigenvalue weighted by atomic mass is 16.5. The minimum atomic E-state index is -1.06. The zero-order valence-corrected chi connectivity index (χ0v) is 10.3. The molecule has 0 saturated carbocycles. The fourth-order valence-electron chi connectivity index (χ4n) is 1.59. The Labute approximate surface area is 110 Å². The van der Waals surface area contributed by atoms with Crippen molar-refractivity contribution in [3.63, 3.8) is 0 Å². The van der Waals surface area contributed by atoms with Crippen molar-refractivity contribution >= 4 is 11.7 Å². The van der Waals surface area contributed by atoms with E-state index in [1.165, 1.54) is 6.20 Å². The summed E-state index contributed by atoms with van der Waals surface area (Å²) in [6.07, 6.45) is 3.08. The van der Waals surface area contributed by atoms with Gasteiger partial charge in [0.15, 0.2) is 5.69 Å². The van der Waals surface area contributed by atoms with E-state index in [0.29, 0.717) is 18.1 Å². The third kappa shape index (κ3) is 3.19. The van der Waals surface area contributed by atoms with Gasteiger partial charge in [-0.3, -0.25) is 0 Å². The molecule has 19 heavy (non-hydrogen) atoms. The number of ether oxygens (including phenoxy) is 1. The van der Waals surface area contributed by atoms with Gasteiger partial charge < -0.3 is 15.2 Å². The van der Waals surface area contributed by atoms with E-state index in [1.807, 2.05) is 6.07 Å². The van der Waals surface area contributed by atoms with E-state index in [-0.39, 0.29) is 5.69 Å². The molecular weight excluding hydrogens is 246 g/mol. The number of methoxy groups -OCH3 is 1. The number of carboxylic acid groups (broad SMARTS) is 1. The number of rotatable bonds is 5. The highest BCUT2D eigenvalue weighted by molar-refractivity contribution is 5.91. The Morgan fingerprint density at radius 3 is 2.95 bits per heavy atom. The molecule has 0 aliphatic heterocycles. The summed E-state index contributed by atoms with van der Waals surface area (Å²) in [5, 5.41) is 12.0. The molecule has 0 bridgehead atoms. The van der Waals surface area contributed by atoms with Gasteiger partial charge in [-0.15, -0.1) is 0 Å². The predicted molar refractivity (Wildman–Crippen MR) is 69.3 cm³/mol. The molecular formula is C13H13N3O3. The van der Waals surface area contributed by atoms with Gasteiger partial charge in [0.1, 0.15) is 0 Å². The van der Waals surface area contributed by atoms with Crippen molar-refractivity contribution in [2.75, 3.05) is 12.4 Å². The molecule has 2 N–H and O–H groups in total. The lowest BCUT2D eigenvalue weighted by atomic mass is 10.2. The third-order valence-corrected chi connectivity index (χ3v) is 2.50. The number of hydrogen-bond donors (Lipinski definition) is 2. The molecule has 0 radical (unpaired) electrons. The SMILES string of the molecule is COc1cc(CNc2cccnc2C(=O)O)ccn1. The van der Waals surface area contributed by atoms with Crippen LogP contribution >= 0.6 is 0 Å². The number of hydrogen-bond acceptors (Lipinski definition) is 5. The fourth-order valence-corrected chi connectivity index (χ4v) is 1.59. The first-order valence-electron chi connectivity index (χ1n) is 5.62. The number of aromatic carboxylic acids is 1. The molecule has 2 aromatic rings. The number of anilines is 1. The molecule has 0 aliphatic carbocycles. The molecule has 0 aromatic carbocycles. The second kappa shape index (κ2) is 5.81.